The Kier molecular flexibility index (Phi) is 7.12. The Labute approximate surface area is 198 Å². The topological polar surface area (TPSA) is 43.3 Å². The number of benzene rings is 2. The van der Waals surface area contributed by atoms with Crippen LogP contribution in [0.1, 0.15) is 18.9 Å². The van der Waals surface area contributed by atoms with Crippen molar-refractivity contribution in [3.8, 4) is 0 Å². The molecule has 3 unspecified atom stereocenters. The highest BCUT2D eigenvalue weighted by Gasteiger charge is 2.41. The Balaban J connectivity index is 1.21. The Bertz CT molecular complexity index is 905. The van der Waals surface area contributed by atoms with Crippen LogP contribution in [0.2, 0.25) is 0 Å². The van der Waals surface area contributed by atoms with E-state index in [4.69, 9.17) is 9.73 Å². The Morgan fingerprint density at radius 1 is 1.00 bits per heavy atom. The number of nitrogens with one attached hydrogen (secondary N) is 1. The van der Waals surface area contributed by atoms with Gasteiger partial charge in [-0.05, 0) is 37.0 Å². The van der Waals surface area contributed by atoms with E-state index in [-0.39, 0.29) is 6.10 Å². The summed E-state index contributed by atoms with van der Waals surface area (Å²) in [7, 11) is 0. The lowest BCUT2D eigenvalue weighted by atomic mass is 10.1. The fraction of sp³-hybridized carbons (Fsp3) is 0.519. The molecule has 3 heterocycles. The maximum atomic E-state index is 6.20. The Morgan fingerprint density at radius 2 is 1.79 bits per heavy atom. The number of para-hydroxylation sites is 1. The van der Waals surface area contributed by atoms with Gasteiger partial charge in [-0.25, -0.2) is 0 Å². The lowest BCUT2D eigenvalue weighted by Gasteiger charge is -2.36. The van der Waals surface area contributed by atoms with E-state index in [0.29, 0.717) is 12.0 Å². The molecule has 176 valence electrons. The SMILES string of the molecule is CCNC(=NCC1CCN(c2ccccc2)C1)N1CC2OCCN(Cc3ccccc3)C2C1. The van der Waals surface area contributed by atoms with Crippen molar-refractivity contribution in [2.45, 2.75) is 32.0 Å². The zero-order chi connectivity index (χ0) is 22.5. The molecular formula is C27H37N5O. The number of anilines is 1. The van der Waals surface area contributed by atoms with Crippen LogP contribution < -0.4 is 10.2 Å². The molecule has 0 saturated carbocycles. The van der Waals surface area contributed by atoms with Gasteiger partial charge >= 0.3 is 0 Å². The normalized spacial score (nSPS) is 26.0. The summed E-state index contributed by atoms with van der Waals surface area (Å²) >= 11 is 0. The van der Waals surface area contributed by atoms with E-state index in [2.05, 4.69) is 87.6 Å². The second-order valence-corrected chi connectivity index (χ2v) is 9.47. The smallest absolute Gasteiger partial charge is 0.194 e. The summed E-state index contributed by atoms with van der Waals surface area (Å²) < 4.78 is 6.20. The van der Waals surface area contributed by atoms with Crippen LogP contribution in [0.5, 0.6) is 0 Å². The van der Waals surface area contributed by atoms with Gasteiger partial charge in [-0.2, -0.15) is 0 Å². The highest BCUT2D eigenvalue weighted by atomic mass is 16.5. The van der Waals surface area contributed by atoms with Crippen LogP contribution in [-0.2, 0) is 11.3 Å². The van der Waals surface area contributed by atoms with Crippen molar-refractivity contribution in [1.82, 2.24) is 15.1 Å². The summed E-state index contributed by atoms with van der Waals surface area (Å²) in [5, 5.41) is 3.55. The van der Waals surface area contributed by atoms with Crippen LogP contribution in [0.4, 0.5) is 5.69 Å². The third kappa shape index (κ3) is 5.33. The summed E-state index contributed by atoms with van der Waals surface area (Å²) in [6.45, 7) is 10.8. The van der Waals surface area contributed by atoms with E-state index >= 15 is 0 Å². The van der Waals surface area contributed by atoms with E-state index in [9.17, 15) is 0 Å². The van der Waals surface area contributed by atoms with Gasteiger partial charge in [0.15, 0.2) is 5.96 Å². The first-order valence-electron chi connectivity index (χ1n) is 12.5. The minimum absolute atomic E-state index is 0.256. The van der Waals surface area contributed by atoms with Gasteiger partial charge in [0.2, 0.25) is 0 Å². The molecule has 1 N–H and O–H groups in total. The number of morpholine rings is 1. The third-order valence-electron chi connectivity index (χ3n) is 7.19. The van der Waals surface area contributed by atoms with E-state index in [1.165, 1.54) is 17.7 Å². The fourth-order valence-corrected chi connectivity index (χ4v) is 5.44. The number of aliphatic imine (C=N–C) groups is 1. The summed E-state index contributed by atoms with van der Waals surface area (Å²) in [5.74, 6) is 1.66. The molecule has 3 aliphatic heterocycles. The summed E-state index contributed by atoms with van der Waals surface area (Å²) in [4.78, 5) is 12.6. The second kappa shape index (κ2) is 10.6. The molecule has 5 rings (SSSR count). The number of nitrogens with zero attached hydrogens (tertiary/aromatic N) is 4. The molecule has 2 aromatic carbocycles. The third-order valence-corrected chi connectivity index (χ3v) is 7.19. The minimum Gasteiger partial charge on any atom is -0.373 e. The molecular weight excluding hydrogens is 410 g/mol. The van der Waals surface area contributed by atoms with E-state index in [1.807, 2.05) is 0 Å². The van der Waals surface area contributed by atoms with Crippen molar-refractivity contribution in [3.63, 3.8) is 0 Å². The number of fused-ring (bicyclic) bond motifs is 1. The molecule has 6 nitrogen and oxygen atoms in total. The quantitative estimate of drug-likeness (QED) is 0.545. The monoisotopic (exact) mass is 447 g/mol. The van der Waals surface area contributed by atoms with Crippen LogP contribution in [0.3, 0.4) is 0 Å². The molecule has 3 atom stereocenters. The fourth-order valence-electron chi connectivity index (χ4n) is 5.44. The van der Waals surface area contributed by atoms with Gasteiger partial charge in [-0.1, -0.05) is 48.5 Å². The van der Waals surface area contributed by atoms with E-state index < -0.39 is 0 Å². The zero-order valence-electron chi connectivity index (χ0n) is 19.8. The van der Waals surface area contributed by atoms with Crippen LogP contribution in [-0.4, -0.2) is 80.3 Å². The predicted molar refractivity (Wildman–Crippen MR) is 135 cm³/mol. The second-order valence-electron chi connectivity index (χ2n) is 9.47. The highest BCUT2D eigenvalue weighted by Crippen LogP contribution is 2.26. The van der Waals surface area contributed by atoms with Gasteiger partial charge < -0.3 is 19.9 Å². The largest absolute Gasteiger partial charge is 0.373 e. The lowest BCUT2D eigenvalue weighted by Crippen LogP contribution is -2.50. The van der Waals surface area contributed by atoms with Crippen molar-refractivity contribution < 1.29 is 4.74 Å². The summed E-state index contributed by atoms with van der Waals surface area (Å²) in [6, 6.07) is 22.0. The van der Waals surface area contributed by atoms with Gasteiger partial charge in [-0.3, -0.25) is 9.89 Å². The predicted octanol–water partition coefficient (Wildman–Crippen LogP) is 3.06. The first-order chi connectivity index (χ1) is 16.3. The van der Waals surface area contributed by atoms with Gasteiger partial charge in [0.1, 0.15) is 0 Å². The molecule has 6 heteroatoms. The number of ether oxygens (including phenoxy) is 1. The molecule has 3 saturated heterocycles. The number of hydrogen-bond acceptors (Lipinski definition) is 4. The van der Waals surface area contributed by atoms with Gasteiger partial charge in [0.25, 0.3) is 0 Å². The Hall–Kier alpha value is -2.57. The molecule has 33 heavy (non-hydrogen) atoms. The standard InChI is InChI=1S/C27H37N5O/c1-2-28-27(29-17-23-13-14-30(19-23)24-11-7-4-8-12-24)32-20-25-26(21-32)33-16-15-31(25)18-22-9-5-3-6-10-22/h3-12,23,25-26H,2,13-21H2,1H3,(H,28,29). The average molecular weight is 448 g/mol. The van der Waals surface area contributed by atoms with Crippen LogP contribution in [0.25, 0.3) is 0 Å². The molecule has 2 aromatic rings. The molecule has 0 aromatic heterocycles. The first-order valence-corrected chi connectivity index (χ1v) is 12.5. The van der Waals surface area contributed by atoms with E-state index in [1.54, 1.807) is 0 Å². The maximum absolute atomic E-state index is 6.20. The Morgan fingerprint density at radius 3 is 2.58 bits per heavy atom. The number of rotatable bonds is 6. The lowest BCUT2D eigenvalue weighted by molar-refractivity contribution is -0.0502. The van der Waals surface area contributed by atoms with Gasteiger partial charge in [0, 0.05) is 58.0 Å². The van der Waals surface area contributed by atoms with Crippen LogP contribution in [0, 0.1) is 5.92 Å². The van der Waals surface area contributed by atoms with Gasteiger partial charge in [-0.15, -0.1) is 0 Å². The minimum atomic E-state index is 0.256. The molecule has 0 bridgehead atoms. The zero-order valence-corrected chi connectivity index (χ0v) is 19.8. The van der Waals surface area contributed by atoms with Gasteiger partial charge in [0.05, 0.1) is 18.8 Å². The van der Waals surface area contributed by atoms with E-state index in [0.717, 1.165) is 64.9 Å². The average Bonchev–Trinajstić information content (AvgIpc) is 3.51. The van der Waals surface area contributed by atoms with Crippen LogP contribution >= 0.6 is 0 Å². The van der Waals surface area contributed by atoms with Crippen molar-refractivity contribution in [2.24, 2.45) is 10.9 Å². The molecule has 0 radical (unpaired) electrons. The first kappa shape index (κ1) is 22.2. The molecule has 0 amide bonds. The van der Waals surface area contributed by atoms with Crippen molar-refractivity contribution in [3.05, 3.63) is 66.2 Å². The molecule has 3 fully saturated rings. The molecule has 3 aliphatic rings. The highest BCUT2D eigenvalue weighted by molar-refractivity contribution is 5.80. The number of likely N-dealkylation sites (tertiary alicyclic amines) is 1. The molecule has 0 aliphatic carbocycles. The summed E-state index contributed by atoms with van der Waals surface area (Å²) in [5.41, 5.74) is 2.71. The van der Waals surface area contributed by atoms with Crippen molar-refractivity contribution in [2.75, 3.05) is 57.3 Å². The molecule has 0 spiro atoms. The maximum Gasteiger partial charge on any atom is 0.194 e. The number of guanidine groups is 1. The van der Waals surface area contributed by atoms with Crippen molar-refractivity contribution >= 4 is 11.6 Å². The van der Waals surface area contributed by atoms with Crippen molar-refractivity contribution in [1.29, 1.82) is 0 Å². The number of hydrogen-bond donors (Lipinski definition) is 1. The van der Waals surface area contributed by atoms with Crippen LogP contribution in [0.15, 0.2) is 65.7 Å². The summed E-state index contributed by atoms with van der Waals surface area (Å²) in [6.07, 6.45) is 1.46.